The van der Waals surface area contributed by atoms with Crippen molar-refractivity contribution in [3.8, 4) is 0 Å². The quantitative estimate of drug-likeness (QED) is 0.612. The fourth-order valence-corrected chi connectivity index (χ4v) is 2.52. The van der Waals surface area contributed by atoms with Gasteiger partial charge in [0.15, 0.2) is 11.5 Å². The standard InChI is InChI=1S/C21H19FN4O2/c1-14(27)16-4-8-18(9-5-16)24-21(28)19-10-11-20(26-25-19)23-13-12-15-2-6-17(22)7-3-15/h2-11H,12-13H2,1H3,(H,23,26)(H,24,28). The Kier molecular flexibility index (Phi) is 6.06. The van der Waals surface area contributed by atoms with Crippen molar-refractivity contribution in [2.45, 2.75) is 13.3 Å². The summed E-state index contributed by atoms with van der Waals surface area (Å²) >= 11 is 0. The van der Waals surface area contributed by atoms with Crippen LogP contribution in [0.25, 0.3) is 0 Å². The normalized spacial score (nSPS) is 10.4. The molecular formula is C21H19FN4O2. The molecule has 1 amide bonds. The van der Waals surface area contributed by atoms with Crippen LogP contribution in [0.4, 0.5) is 15.9 Å². The molecule has 1 heterocycles. The largest absolute Gasteiger partial charge is 0.368 e. The zero-order chi connectivity index (χ0) is 19.9. The van der Waals surface area contributed by atoms with Crippen LogP contribution in [0, 0.1) is 5.82 Å². The molecule has 0 atom stereocenters. The summed E-state index contributed by atoms with van der Waals surface area (Å²) in [5, 5.41) is 13.7. The predicted molar refractivity (Wildman–Crippen MR) is 105 cm³/mol. The lowest BCUT2D eigenvalue weighted by Crippen LogP contribution is -2.15. The lowest BCUT2D eigenvalue weighted by atomic mass is 10.1. The van der Waals surface area contributed by atoms with Gasteiger partial charge >= 0.3 is 0 Å². The third-order valence-corrected chi connectivity index (χ3v) is 4.08. The van der Waals surface area contributed by atoms with Gasteiger partial charge in [-0.05, 0) is 67.4 Å². The summed E-state index contributed by atoms with van der Waals surface area (Å²) < 4.78 is 12.9. The molecule has 3 aromatic rings. The summed E-state index contributed by atoms with van der Waals surface area (Å²) in [6.07, 6.45) is 0.709. The van der Waals surface area contributed by atoms with Gasteiger partial charge in [0.05, 0.1) is 0 Å². The van der Waals surface area contributed by atoms with Crippen LogP contribution in [0.15, 0.2) is 60.7 Å². The molecule has 0 bridgehead atoms. The van der Waals surface area contributed by atoms with Crippen molar-refractivity contribution >= 4 is 23.2 Å². The Balaban J connectivity index is 1.52. The van der Waals surface area contributed by atoms with Gasteiger partial charge in [0, 0.05) is 17.8 Å². The Hall–Kier alpha value is -3.61. The lowest BCUT2D eigenvalue weighted by molar-refractivity contribution is 0.101. The zero-order valence-electron chi connectivity index (χ0n) is 15.3. The van der Waals surface area contributed by atoms with Gasteiger partial charge in [-0.2, -0.15) is 0 Å². The SMILES string of the molecule is CC(=O)c1ccc(NC(=O)c2ccc(NCCc3ccc(F)cc3)nn2)cc1. The van der Waals surface area contributed by atoms with E-state index < -0.39 is 0 Å². The molecule has 0 fully saturated rings. The molecule has 2 aromatic carbocycles. The van der Waals surface area contributed by atoms with E-state index in [9.17, 15) is 14.0 Å². The number of ketones is 1. The smallest absolute Gasteiger partial charge is 0.276 e. The fourth-order valence-electron chi connectivity index (χ4n) is 2.52. The van der Waals surface area contributed by atoms with E-state index in [2.05, 4.69) is 20.8 Å². The second kappa shape index (κ2) is 8.85. The number of hydrogen-bond donors (Lipinski definition) is 2. The molecule has 0 radical (unpaired) electrons. The topological polar surface area (TPSA) is 84.0 Å². The number of anilines is 2. The van der Waals surface area contributed by atoms with Crippen LogP contribution >= 0.6 is 0 Å². The number of carbonyl (C=O) groups excluding carboxylic acids is 2. The van der Waals surface area contributed by atoms with E-state index >= 15 is 0 Å². The van der Waals surface area contributed by atoms with Gasteiger partial charge in [-0.1, -0.05) is 12.1 Å². The second-order valence-electron chi connectivity index (χ2n) is 6.19. The zero-order valence-corrected chi connectivity index (χ0v) is 15.3. The fraction of sp³-hybridized carbons (Fsp3) is 0.143. The number of Topliss-reactive ketones (excluding diaryl/α,β-unsaturated/α-hetero) is 1. The first-order valence-electron chi connectivity index (χ1n) is 8.75. The highest BCUT2D eigenvalue weighted by molar-refractivity contribution is 6.03. The average molecular weight is 378 g/mol. The molecule has 3 rings (SSSR count). The third-order valence-electron chi connectivity index (χ3n) is 4.08. The molecule has 1 aromatic heterocycles. The highest BCUT2D eigenvalue weighted by Crippen LogP contribution is 2.12. The van der Waals surface area contributed by atoms with Gasteiger partial charge in [-0.25, -0.2) is 4.39 Å². The summed E-state index contributed by atoms with van der Waals surface area (Å²) in [5.41, 5.74) is 2.33. The van der Waals surface area contributed by atoms with Crippen LogP contribution in [0.5, 0.6) is 0 Å². The monoisotopic (exact) mass is 378 g/mol. The van der Waals surface area contributed by atoms with Gasteiger partial charge in [0.1, 0.15) is 11.6 Å². The van der Waals surface area contributed by atoms with Crippen LogP contribution in [0.1, 0.15) is 33.3 Å². The van der Waals surface area contributed by atoms with Gasteiger partial charge in [-0.3, -0.25) is 9.59 Å². The third kappa shape index (κ3) is 5.20. The molecular weight excluding hydrogens is 359 g/mol. The van der Waals surface area contributed by atoms with E-state index in [4.69, 9.17) is 0 Å². The Morgan fingerprint density at radius 2 is 1.64 bits per heavy atom. The van der Waals surface area contributed by atoms with Gasteiger partial charge in [-0.15, -0.1) is 10.2 Å². The Labute approximate surface area is 161 Å². The molecule has 142 valence electrons. The van der Waals surface area contributed by atoms with Crippen molar-refractivity contribution < 1.29 is 14.0 Å². The van der Waals surface area contributed by atoms with Crippen LogP contribution in [-0.2, 0) is 6.42 Å². The van der Waals surface area contributed by atoms with Crippen molar-refractivity contribution in [1.29, 1.82) is 0 Å². The van der Waals surface area contributed by atoms with Crippen LogP contribution in [0.3, 0.4) is 0 Å². The molecule has 28 heavy (non-hydrogen) atoms. The van der Waals surface area contributed by atoms with Crippen molar-refractivity contribution in [3.05, 3.63) is 83.3 Å². The van der Waals surface area contributed by atoms with Crippen molar-refractivity contribution in [1.82, 2.24) is 10.2 Å². The molecule has 0 aliphatic rings. The highest BCUT2D eigenvalue weighted by atomic mass is 19.1. The molecule has 0 spiro atoms. The maximum Gasteiger partial charge on any atom is 0.276 e. The predicted octanol–water partition coefficient (Wildman–Crippen LogP) is 3.73. The van der Waals surface area contributed by atoms with E-state index in [0.29, 0.717) is 30.0 Å². The van der Waals surface area contributed by atoms with Crippen LogP contribution < -0.4 is 10.6 Å². The lowest BCUT2D eigenvalue weighted by Gasteiger charge is -2.07. The summed E-state index contributed by atoms with van der Waals surface area (Å²) in [6, 6.07) is 16.2. The Morgan fingerprint density at radius 1 is 0.929 bits per heavy atom. The second-order valence-corrected chi connectivity index (χ2v) is 6.19. The van der Waals surface area contributed by atoms with Gasteiger partial charge in [0.25, 0.3) is 5.91 Å². The summed E-state index contributed by atoms with van der Waals surface area (Å²) in [4.78, 5) is 23.5. The summed E-state index contributed by atoms with van der Waals surface area (Å²) in [6.45, 7) is 2.09. The van der Waals surface area contributed by atoms with Crippen molar-refractivity contribution in [2.24, 2.45) is 0 Å². The maximum absolute atomic E-state index is 12.9. The first-order chi connectivity index (χ1) is 13.5. The molecule has 6 nitrogen and oxygen atoms in total. The first kappa shape index (κ1) is 19.2. The van der Waals surface area contributed by atoms with E-state index in [1.54, 1.807) is 48.5 Å². The molecule has 7 heteroatoms. The molecule has 0 saturated carbocycles. The van der Waals surface area contributed by atoms with E-state index in [-0.39, 0.29) is 23.2 Å². The van der Waals surface area contributed by atoms with Crippen molar-refractivity contribution in [3.63, 3.8) is 0 Å². The number of halogens is 1. The Bertz CT molecular complexity index is 955. The number of rotatable bonds is 7. The molecule has 0 aliphatic carbocycles. The summed E-state index contributed by atoms with van der Waals surface area (Å²) in [5.74, 6) is -0.136. The van der Waals surface area contributed by atoms with Crippen LogP contribution in [0.2, 0.25) is 0 Å². The number of aromatic nitrogens is 2. The number of benzene rings is 2. The number of carbonyl (C=O) groups is 2. The van der Waals surface area contributed by atoms with E-state index in [0.717, 1.165) is 5.56 Å². The number of nitrogens with zero attached hydrogens (tertiary/aromatic N) is 2. The molecule has 0 saturated heterocycles. The number of nitrogens with one attached hydrogen (secondary N) is 2. The first-order valence-corrected chi connectivity index (χ1v) is 8.75. The average Bonchev–Trinajstić information content (AvgIpc) is 2.70. The minimum Gasteiger partial charge on any atom is -0.368 e. The molecule has 2 N–H and O–H groups in total. The maximum atomic E-state index is 12.9. The van der Waals surface area contributed by atoms with Gasteiger partial charge < -0.3 is 10.6 Å². The van der Waals surface area contributed by atoms with E-state index in [1.807, 2.05) is 0 Å². The minimum atomic E-state index is -0.388. The van der Waals surface area contributed by atoms with E-state index in [1.165, 1.54) is 19.1 Å². The Morgan fingerprint density at radius 3 is 2.25 bits per heavy atom. The van der Waals surface area contributed by atoms with Crippen molar-refractivity contribution in [2.75, 3.05) is 17.2 Å². The molecule has 0 aliphatic heterocycles. The van der Waals surface area contributed by atoms with Crippen LogP contribution in [-0.4, -0.2) is 28.4 Å². The number of amides is 1. The molecule has 0 unspecified atom stereocenters. The number of hydrogen-bond acceptors (Lipinski definition) is 5. The highest BCUT2D eigenvalue weighted by Gasteiger charge is 2.09. The minimum absolute atomic E-state index is 0.0359. The summed E-state index contributed by atoms with van der Waals surface area (Å²) in [7, 11) is 0. The van der Waals surface area contributed by atoms with Gasteiger partial charge in [0.2, 0.25) is 0 Å².